The van der Waals surface area contributed by atoms with E-state index in [1.165, 1.54) is 21.7 Å². The molecule has 8 nitrogen and oxygen atoms in total. The Morgan fingerprint density at radius 1 is 1.05 bits per heavy atom. The molecule has 0 unspecified atom stereocenters. The van der Waals surface area contributed by atoms with Gasteiger partial charge in [0.15, 0.2) is 0 Å². The maximum absolute atomic E-state index is 13.7. The lowest BCUT2D eigenvalue weighted by Crippen LogP contribution is -2.50. The highest BCUT2D eigenvalue weighted by Gasteiger charge is 2.39. The smallest absolute Gasteiger partial charge is 0.247 e. The van der Waals surface area contributed by atoms with Crippen molar-refractivity contribution in [3.8, 4) is 17.6 Å². The van der Waals surface area contributed by atoms with Gasteiger partial charge >= 0.3 is 0 Å². The van der Waals surface area contributed by atoms with Gasteiger partial charge in [0.25, 0.3) is 0 Å². The number of hydrogen-bond donors (Lipinski definition) is 1. The number of aliphatic hydroxyl groups excluding tert-OH is 1. The van der Waals surface area contributed by atoms with Gasteiger partial charge in [0.2, 0.25) is 20.0 Å². The average Bonchev–Trinajstić information content (AvgIpc) is 2.94. The number of likely N-dealkylation sites (N-methyl/N-ethyl adjacent to an activating group) is 1. The van der Waals surface area contributed by atoms with E-state index in [4.69, 9.17) is 4.74 Å². The number of rotatable bonds is 6. The van der Waals surface area contributed by atoms with Crippen molar-refractivity contribution in [1.82, 2.24) is 8.61 Å². The molecule has 3 atom stereocenters. The Labute approximate surface area is 237 Å². The minimum atomic E-state index is -4.03. The third kappa shape index (κ3) is 6.40. The SMILES string of the molecule is Cc1ccc(S(=O)(=O)N(C)C[C@H]2Oc3cc(C#Cc4ccccc4)ccc3S(=O)(=O)N([C@@H](C)CO)C[C@H]2C)cc1. The Morgan fingerprint density at radius 3 is 2.35 bits per heavy atom. The van der Waals surface area contributed by atoms with Gasteiger partial charge in [-0.15, -0.1) is 0 Å². The molecule has 1 heterocycles. The largest absolute Gasteiger partial charge is 0.487 e. The molecule has 1 aliphatic rings. The molecule has 1 aliphatic heterocycles. The van der Waals surface area contributed by atoms with Gasteiger partial charge in [0.1, 0.15) is 16.7 Å². The molecule has 10 heteroatoms. The second-order valence-corrected chi connectivity index (χ2v) is 14.0. The maximum Gasteiger partial charge on any atom is 0.247 e. The molecular formula is C30H34N2O6S2. The summed E-state index contributed by atoms with van der Waals surface area (Å²) in [5, 5.41) is 9.86. The lowest BCUT2D eigenvalue weighted by Gasteiger charge is -2.37. The summed E-state index contributed by atoms with van der Waals surface area (Å²) in [6, 6.07) is 20.0. The van der Waals surface area contributed by atoms with Crippen LogP contribution in [0, 0.1) is 24.7 Å². The maximum atomic E-state index is 13.7. The standard InChI is InChI=1S/C30H34N2O6S2/c1-22-10-15-27(16-11-22)39(34,35)31(4)20-29-23(2)19-32(24(3)21-33)40(36,37)30-17-14-26(18-28(30)38-29)13-12-25-8-6-5-7-9-25/h5-11,14-18,23-24,29,33H,19-21H2,1-4H3/t23-,24+,29-/m1/s1. The van der Waals surface area contributed by atoms with E-state index in [9.17, 15) is 21.9 Å². The number of hydrogen-bond acceptors (Lipinski definition) is 6. The monoisotopic (exact) mass is 582 g/mol. The molecule has 212 valence electrons. The molecular weight excluding hydrogens is 548 g/mol. The van der Waals surface area contributed by atoms with E-state index in [1.54, 1.807) is 43.3 Å². The first-order valence-corrected chi connectivity index (χ1v) is 15.8. The Bertz CT molecular complexity index is 1610. The van der Waals surface area contributed by atoms with Crippen LogP contribution in [0.4, 0.5) is 0 Å². The van der Waals surface area contributed by atoms with Crippen molar-refractivity contribution in [2.45, 2.75) is 42.7 Å². The van der Waals surface area contributed by atoms with Gasteiger partial charge in [-0.1, -0.05) is 54.7 Å². The lowest BCUT2D eigenvalue weighted by molar-refractivity contribution is 0.0904. The minimum absolute atomic E-state index is 0.0157. The number of fused-ring (bicyclic) bond motifs is 1. The summed E-state index contributed by atoms with van der Waals surface area (Å²) in [4.78, 5) is 0.107. The topological polar surface area (TPSA) is 104 Å². The van der Waals surface area contributed by atoms with Crippen LogP contribution in [-0.2, 0) is 20.0 Å². The molecule has 0 saturated carbocycles. The number of nitrogens with zero attached hydrogens (tertiary/aromatic N) is 2. The highest BCUT2D eigenvalue weighted by Crippen LogP contribution is 2.34. The molecule has 0 fully saturated rings. The average molecular weight is 583 g/mol. The van der Waals surface area contributed by atoms with Crippen molar-refractivity contribution in [3.63, 3.8) is 0 Å². The van der Waals surface area contributed by atoms with E-state index in [2.05, 4.69) is 11.8 Å². The van der Waals surface area contributed by atoms with Gasteiger partial charge in [0.05, 0.1) is 18.0 Å². The summed E-state index contributed by atoms with van der Waals surface area (Å²) in [7, 11) is -6.37. The number of benzene rings is 3. The lowest BCUT2D eigenvalue weighted by atomic mass is 10.0. The molecule has 3 aromatic rings. The minimum Gasteiger partial charge on any atom is -0.487 e. The number of aliphatic hydroxyl groups is 1. The van der Waals surface area contributed by atoms with Gasteiger partial charge in [-0.25, -0.2) is 16.8 Å². The first kappa shape index (κ1) is 29.8. The van der Waals surface area contributed by atoms with E-state index in [0.717, 1.165) is 11.1 Å². The van der Waals surface area contributed by atoms with Crippen LogP contribution >= 0.6 is 0 Å². The van der Waals surface area contributed by atoms with Crippen LogP contribution in [-0.4, -0.2) is 69.4 Å². The van der Waals surface area contributed by atoms with E-state index in [1.807, 2.05) is 44.2 Å². The summed E-state index contributed by atoms with van der Waals surface area (Å²) >= 11 is 0. The molecule has 0 amide bonds. The van der Waals surface area contributed by atoms with Crippen LogP contribution in [0.5, 0.6) is 5.75 Å². The van der Waals surface area contributed by atoms with Crippen molar-refractivity contribution in [2.24, 2.45) is 5.92 Å². The van der Waals surface area contributed by atoms with Crippen LogP contribution in [0.25, 0.3) is 0 Å². The van der Waals surface area contributed by atoms with E-state index < -0.39 is 38.1 Å². The van der Waals surface area contributed by atoms with Crippen molar-refractivity contribution in [1.29, 1.82) is 0 Å². The third-order valence-electron chi connectivity index (χ3n) is 6.96. The Kier molecular flexibility index (Phi) is 9.02. The van der Waals surface area contributed by atoms with Crippen LogP contribution < -0.4 is 4.74 Å². The van der Waals surface area contributed by atoms with Crippen molar-refractivity contribution < 1.29 is 26.7 Å². The predicted octanol–water partition coefficient (Wildman–Crippen LogP) is 3.48. The van der Waals surface area contributed by atoms with E-state index >= 15 is 0 Å². The zero-order valence-electron chi connectivity index (χ0n) is 23.0. The van der Waals surface area contributed by atoms with E-state index in [0.29, 0.717) is 5.56 Å². The summed E-state index contributed by atoms with van der Waals surface area (Å²) in [5.41, 5.74) is 2.30. The molecule has 4 rings (SSSR count). The Hall–Kier alpha value is -3.20. The van der Waals surface area contributed by atoms with Crippen LogP contribution in [0.1, 0.15) is 30.5 Å². The van der Waals surface area contributed by atoms with Gasteiger partial charge in [-0.05, 0) is 56.3 Å². The predicted molar refractivity (Wildman–Crippen MR) is 154 cm³/mol. The molecule has 40 heavy (non-hydrogen) atoms. The Balaban J connectivity index is 1.74. The Morgan fingerprint density at radius 2 is 1.70 bits per heavy atom. The zero-order valence-corrected chi connectivity index (χ0v) is 24.6. The number of sulfonamides is 2. The summed E-state index contributed by atoms with van der Waals surface area (Å²) < 4.78 is 62.9. The highest BCUT2D eigenvalue weighted by atomic mass is 32.2. The first-order valence-electron chi connectivity index (χ1n) is 13.0. The second kappa shape index (κ2) is 12.1. The van der Waals surface area contributed by atoms with Gasteiger partial charge in [-0.3, -0.25) is 0 Å². The van der Waals surface area contributed by atoms with Crippen molar-refractivity contribution >= 4 is 20.0 Å². The van der Waals surface area contributed by atoms with Crippen LogP contribution in [0.15, 0.2) is 82.6 Å². The molecule has 0 aliphatic carbocycles. The number of ether oxygens (including phenoxy) is 1. The molecule has 0 radical (unpaired) electrons. The quantitative estimate of drug-likeness (QED) is 0.447. The molecule has 1 N–H and O–H groups in total. The summed E-state index contributed by atoms with van der Waals surface area (Å²) in [5.74, 6) is 5.79. The number of aryl methyl sites for hydroxylation is 1. The fourth-order valence-electron chi connectivity index (χ4n) is 4.43. The molecule has 0 bridgehead atoms. The van der Waals surface area contributed by atoms with Crippen molar-refractivity contribution in [3.05, 3.63) is 89.5 Å². The fourth-order valence-corrected chi connectivity index (χ4v) is 7.44. The molecule has 3 aromatic carbocycles. The summed E-state index contributed by atoms with van der Waals surface area (Å²) in [6.07, 6.45) is -0.690. The molecule has 0 saturated heterocycles. The van der Waals surface area contributed by atoms with Crippen LogP contribution in [0.2, 0.25) is 0 Å². The van der Waals surface area contributed by atoms with E-state index in [-0.39, 0.29) is 35.2 Å². The van der Waals surface area contributed by atoms with Gasteiger partial charge in [0, 0.05) is 36.7 Å². The molecule has 0 aromatic heterocycles. The van der Waals surface area contributed by atoms with Crippen LogP contribution in [0.3, 0.4) is 0 Å². The second-order valence-electron chi connectivity index (χ2n) is 10.1. The van der Waals surface area contributed by atoms with Gasteiger partial charge in [-0.2, -0.15) is 8.61 Å². The van der Waals surface area contributed by atoms with Gasteiger partial charge < -0.3 is 9.84 Å². The fraction of sp³-hybridized carbons (Fsp3) is 0.333. The summed E-state index contributed by atoms with van der Waals surface area (Å²) in [6.45, 7) is 4.99. The normalized spacial score (nSPS) is 19.9. The van der Waals surface area contributed by atoms with Crippen molar-refractivity contribution in [2.75, 3.05) is 26.7 Å². The zero-order chi connectivity index (χ0) is 29.1. The third-order valence-corrected chi connectivity index (χ3v) is 10.8. The highest BCUT2D eigenvalue weighted by molar-refractivity contribution is 7.89. The first-order chi connectivity index (χ1) is 18.9. The molecule has 0 spiro atoms.